The number of aromatic nitrogens is 1. The van der Waals surface area contributed by atoms with Crippen LogP contribution in [0.15, 0.2) is 12.1 Å². The predicted octanol–water partition coefficient (Wildman–Crippen LogP) is 1.26. The fourth-order valence-corrected chi connectivity index (χ4v) is 0.901. The molecule has 1 rings (SSSR count). The summed E-state index contributed by atoms with van der Waals surface area (Å²) in [6.07, 6.45) is 0. The lowest BCUT2D eigenvalue weighted by Crippen LogP contribution is -2.19. The number of H-pyrrole nitrogens is 1. The maximum Gasteiger partial charge on any atom is 0.190 e. The standard InChI is InChI=1S/C9H16N2O/c1-8-4-5-9(10-8)12-7-6-11(2)3/h4-5,10H,6-7H2,1-3H3. The van der Waals surface area contributed by atoms with Crippen molar-refractivity contribution in [2.45, 2.75) is 6.92 Å². The lowest BCUT2D eigenvalue weighted by Gasteiger charge is -2.09. The van der Waals surface area contributed by atoms with Gasteiger partial charge in [-0.15, -0.1) is 0 Å². The Morgan fingerprint density at radius 2 is 2.17 bits per heavy atom. The highest BCUT2D eigenvalue weighted by atomic mass is 16.5. The monoisotopic (exact) mass is 168 g/mol. The summed E-state index contributed by atoms with van der Waals surface area (Å²) in [6, 6.07) is 3.95. The van der Waals surface area contributed by atoms with E-state index in [4.69, 9.17) is 4.74 Å². The van der Waals surface area contributed by atoms with Crippen molar-refractivity contribution in [3.05, 3.63) is 17.8 Å². The fraction of sp³-hybridized carbons (Fsp3) is 0.556. The molecule has 1 heterocycles. The largest absolute Gasteiger partial charge is 0.478 e. The number of nitrogens with zero attached hydrogens (tertiary/aromatic N) is 1. The first kappa shape index (κ1) is 9.13. The van der Waals surface area contributed by atoms with Gasteiger partial charge in [0.05, 0.1) is 0 Å². The molecule has 0 amide bonds. The van der Waals surface area contributed by atoms with Crippen molar-refractivity contribution in [1.29, 1.82) is 0 Å². The molecule has 0 unspecified atom stereocenters. The van der Waals surface area contributed by atoms with Crippen LogP contribution in [0.2, 0.25) is 0 Å². The van der Waals surface area contributed by atoms with Crippen LogP contribution in [-0.4, -0.2) is 37.1 Å². The minimum absolute atomic E-state index is 0.729. The Morgan fingerprint density at radius 3 is 2.67 bits per heavy atom. The van der Waals surface area contributed by atoms with Gasteiger partial charge in [0.15, 0.2) is 5.88 Å². The number of nitrogens with one attached hydrogen (secondary N) is 1. The van der Waals surface area contributed by atoms with Crippen molar-refractivity contribution >= 4 is 0 Å². The molecule has 0 aliphatic rings. The lowest BCUT2D eigenvalue weighted by atomic mass is 10.5. The van der Waals surface area contributed by atoms with Crippen molar-refractivity contribution in [3.8, 4) is 5.88 Å². The van der Waals surface area contributed by atoms with Crippen molar-refractivity contribution in [2.24, 2.45) is 0 Å². The maximum atomic E-state index is 5.44. The van der Waals surface area contributed by atoms with Crippen LogP contribution >= 0.6 is 0 Å². The topological polar surface area (TPSA) is 28.3 Å². The number of hydrogen-bond acceptors (Lipinski definition) is 2. The zero-order chi connectivity index (χ0) is 8.97. The van der Waals surface area contributed by atoms with Gasteiger partial charge in [0.25, 0.3) is 0 Å². The van der Waals surface area contributed by atoms with E-state index < -0.39 is 0 Å². The van der Waals surface area contributed by atoms with E-state index in [1.54, 1.807) is 0 Å². The highest BCUT2D eigenvalue weighted by Crippen LogP contribution is 2.08. The van der Waals surface area contributed by atoms with Crippen LogP contribution in [0.1, 0.15) is 5.69 Å². The number of rotatable bonds is 4. The van der Waals surface area contributed by atoms with Crippen LogP contribution in [0.5, 0.6) is 5.88 Å². The SMILES string of the molecule is Cc1ccc(OCCN(C)C)[nH]1. The van der Waals surface area contributed by atoms with E-state index in [0.717, 1.165) is 24.7 Å². The van der Waals surface area contributed by atoms with Crippen LogP contribution in [0.3, 0.4) is 0 Å². The third-order valence-electron chi connectivity index (χ3n) is 1.60. The molecule has 0 aliphatic heterocycles. The van der Waals surface area contributed by atoms with Gasteiger partial charge in [-0.25, -0.2) is 0 Å². The molecule has 0 radical (unpaired) electrons. The molecular weight excluding hydrogens is 152 g/mol. The molecule has 0 fully saturated rings. The molecule has 0 aromatic carbocycles. The first-order chi connectivity index (χ1) is 5.68. The summed E-state index contributed by atoms with van der Waals surface area (Å²) >= 11 is 0. The van der Waals surface area contributed by atoms with Gasteiger partial charge >= 0.3 is 0 Å². The Morgan fingerprint density at radius 1 is 1.42 bits per heavy atom. The van der Waals surface area contributed by atoms with Crippen molar-refractivity contribution in [3.63, 3.8) is 0 Å². The van der Waals surface area contributed by atoms with Gasteiger partial charge in [0.2, 0.25) is 0 Å². The Hall–Kier alpha value is -0.960. The molecule has 0 spiro atoms. The minimum Gasteiger partial charge on any atom is -0.478 e. The first-order valence-corrected chi connectivity index (χ1v) is 4.11. The van der Waals surface area contributed by atoms with E-state index in [9.17, 15) is 0 Å². The Balaban J connectivity index is 2.24. The van der Waals surface area contributed by atoms with Crippen molar-refractivity contribution in [1.82, 2.24) is 9.88 Å². The second kappa shape index (κ2) is 4.16. The molecule has 1 aromatic heterocycles. The van der Waals surface area contributed by atoms with Crippen LogP contribution in [0.25, 0.3) is 0 Å². The smallest absolute Gasteiger partial charge is 0.190 e. The summed E-state index contributed by atoms with van der Waals surface area (Å²) < 4.78 is 5.44. The van der Waals surface area contributed by atoms with E-state index in [1.807, 2.05) is 33.2 Å². The highest BCUT2D eigenvalue weighted by molar-refractivity contribution is 5.16. The van der Waals surface area contributed by atoms with Crippen molar-refractivity contribution in [2.75, 3.05) is 27.2 Å². The average molecular weight is 168 g/mol. The zero-order valence-corrected chi connectivity index (χ0v) is 7.92. The summed E-state index contributed by atoms with van der Waals surface area (Å²) in [5.41, 5.74) is 1.13. The minimum atomic E-state index is 0.729. The van der Waals surface area contributed by atoms with Crippen LogP contribution in [0.4, 0.5) is 0 Å². The van der Waals surface area contributed by atoms with Gasteiger partial charge in [-0.1, -0.05) is 0 Å². The highest BCUT2D eigenvalue weighted by Gasteiger charge is 1.95. The van der Waals surface area contributed by atoms with E-state index in [1.165, 1.54) is 0 Å². The molecule has 0 atom stereocenters. The van der Waals surface area contributed by atoms with E-state index >= 15 is 0 Å². The van der Waals surface area contributed by atoms with E-state index in [0.29, 0.717) is 0 Å². The summed E-state index contributed by atoms with van der Waals surface area (Å²) in [6.45, 7) is 3.68. The molecule has 3 heteroatoms. The van der Waals surface area contributed by atoms with E-state index in [2.05, 4.69) is 9.88 Å². The second-order valence-electron chi connectivity index (χ2n) is 3.16. The maximum absolute atomic E-state index is 5.44. The van der Waals surface area contributed by atoms with Gasteiger partial charge in [-0.3, -0.25) is 0 Å². The predicted molar refractivity (Wildman–Crippen MR) is 49.6 cm³/mol. The first-order valence-electron chi connectivity index (χ1n) is 4.11. The molecule has 3 nitrogen and oxygen atoms in total. The zero-order valence-electron chi connectivity index (χ0n) is 7.92. The number of hydrogen-bond donors (Lipinski definition) is 1. The molecule has 12 heavy (non-hydrogen) atoms. The Bertz CT molecular complexity index is 230. The molecule has 1 N–H and O–H groups in total. The fourth-order valence-electron chi connectivity index (χ4n) is 0.901. The number of likely N-dealkylation sites (N-methyl/N-ethyl adjacent to an activating group) is 1. The van der Waals surface area contributed by atoms with Gasteiger partial charge in [-0.2, -0.15) is 0 Å². The van der Waals surface area contributed by atoms with Gasteiger partial charge in [0, 0.05) is 12.2 Å². The summed E-state index contributed by atoms with van der Waals surface area (Å²) in [4.78, 5) is 5.20. The molecule has 0 saturated carbocycles. The number of aromatic amines is 1. The third kappa shape index (κ3) is 2.96. The van der Waals surface area contributed by atoms with Crippen LogP contribution in [-0.2, 0) is 0 Å². The summed E-state index contributed by atoms with van der Waals surface area (Å²) in [5.74, 6) is 0.856. The summed E-state index contributed by atoms with van der Waals surface area (Å²) in [7, 11) is 4.06. The van der Waals surface area contributed by atoms with Crippen LogP contribution in [0, 0.1) is 6.92 Å². The third-order valence-corrected chi connectivity index (χ3v) is 1.60. The number of aryl methyl sites for hydroxylation is 1. The van der Waals surface area contributed by atoms with Crippen molar-refractivity contribution < 1.29 is 4.74 Å². The molecule has 0 saturated heterocycles. The quantitative estimate of drug-likeness (QED) is 0.733. The van der Waals surface area contributed by atoms with Gasteiger partial charge < -0.3 is 14.6 Å². The molecule has 68 valence electrons. The lowest BCUT2D eigenvalue weighted by molar-refractivity contribution is 0.255. The second-order valence-corrected chi connectivity index (χ2v) is 3.16. The summed E-state index contributed by atoms with van der Waals surface area (Å²) in [5, 5.41) is 0. The Labute approximate surface area is 73.3 Å². The number of ether oxygens (including phenoxy) is 1. The van der Waals surface area contributed by atoms with Gasteiger partial charge in [0.1, 0.15) is 6.61 Å². The Kier molecular flexibility index (Phi) is 3.17. The van der Waals surface area contributed by atoms with Crippen LogP contribution < -0.4 is 4.74 Å². The molecule has 0 aliphatic carbocycles. The van der Waals surface area contributed by atoms with E-state index in [-0.39, 0.29) is 0 Å². The molecule has 0 bridgehead atoms. The normalized spacial score (nSPS) is 10.7. The molecular formula is C9H16N2O. The van der Waals surface area contributed by atoms with Gasteiger partial charge in [-0.05, 0) is 33.2 Å². The average Bonchev–Trinajstić information content (AvgIpc) is 2.35. The molecule has 1 aromatic rings.